The summed E-state index contributed by atoms with van der Waals surface area (Å²) in [5.74, 6) is 0.685. The molecule has 1 aliphatic carbocycles. The Labute approximate surface area is 126 Å². The van der Waals surface area contributed by atoms with Gasteiger partial charge in [0.05, 0.1) is 16.6 Å². The Balaban J connectivity index is 2.05. The first-order chi connectivity index (χ1) is 10.6. The van der Waals surface area contributed by atoms with E-state index in [1.807, 2.05) is 0 Å². The Bertz CT molecular complexity index is 927. The first-order valence-electron chi connectivity index (χ1n) is 7.21. The number of nitrogen functional groups attached to an aromatic ring is 1. The molecule has 0 bridgehead atoms. The summed E-state index contributed by atoms with van der Waals surface area (Å²) < 4.78 is 14.7. The maximum absolute atomic E-state index is 13.2. The topological polar surface area (TPSA) is 60.9 Å². The standard InChI is InChI=1S/C17H14FN3O/c18-11-3-6-13(7-4-11)21-16(10-1-2-10)20-15-9-12(19)5-8-14(15)17(21)22/h3-10H,1-2,19H2. The number of hydrogen-bond acceptors (Lipinski definition) is 3. The summed E-state index contributed by atoms with van der Waals surface area (Å²) >= 11 is 0. The zero-order valence-corrected chi connectivity index (χ0v) is 11.8. The van der Waals surface area contributed by atoms with E-state index in [1.54, 1.807) is 34.9 Å². The minimum Gasteiger partial charge on any atom is -0.399 e. The molecule has 0 aliphatic heterocycles. The van der Waals surface area contributed by atoms with E-state index < -0.39 is 0 Å². The van der Waals surface area contributed by atoms with Crippen LogP contribution in [-0.4, -0.2) is 9.55 Å². The van der Waals surface area contributed by atoms with Gasteiger partial charge >= 0.3 is 0 Å². The fourth-order valence-corrected chi connectivity index (χ4v) is 2.68. The Morgan fingerprint density at radius 3 is 2.55 bits per heavy atom. The number of hydrogen-bond donors (Lipinski definition) is 1. The smallest absolute Gasteiger partial charge is 0.265 e. The van der Waals surface area contributed by atoms with Gasteiger partial charge in [-0.05, 0) is 55.3 Å². The van der Waals surface area contributed by atoms with Crippen LogP contribution in [0.4, 0.5) is 10.1 Å². The average Bonchev–Trinajstić information content (AvgIpc) is 3.33. The van der Waals surface area contributed by atoms with Gasteiger partial charge in [-0.2, -0.15) is 0 Å². The molecule has 110 valence electrons. The lowest BCUT2D eigenvalue weighted by molar-refractivity contribution is 0.627. The van der Waals surface area contributed by atoms with Gasteiger partial charge < -0.3 is 5.73 Å². The van der Waals surface area contributed by atoms with Crippen LogP contribution in [-0.2, 0) is 0 Å². The van der Waals surface area contributed by atoms with Crippen LogP contribution < -0.4 is 11.3 Å². The van der Waals surface area contributed by atoms with Gasteiger partial charge in [0, 0.05) is 11.6 Å². The van der Waals surface area contributed by atoms with Crippen LogP contribution in [0.1, 0.15) is 24.6 Å². The quantitative estimate of drug-likeness (QED) is 0.739. The molecule has 1 aromatic heterocycles. The Kier molecular flexibility index (Phi) is 2.76. The number of nitrogens with two attached hydrogens (primary N) is 1. The lowest BCUT2D eigenvalue weighted by Crippen LogP contribution is -2.23. The van der Waals surface area contributed by atoms with E-state index in [-0.39, 0.29) is 17.3 Å². The summed E-state index contributed by atoms with van der Waals surface area (Å²) in [7, 11) is 0. The fraction of sp³-hybridized carbons (Fsp3) is 0.176. The van der Waals surface area contributed by atoms with Gasteiger partial charge in [-0.1, -0.05) is 0 Å². The van der Waals surface area contributed by atoms with E-state index in [1.165, 1.54) is 12.1 Å². The highest BCUT2D eigenvalue weighted by atomic mass is 19.1. The van der Waals surface area contributed by atoms with Crippen molar-refractivity contribution in [2.45, 2.75) is 18.8 Å². The summed E-state index contributed by atoms with van der Waals surface area (Å²) in [4.78, 5) is 17.5. The number of rotatable bonds is 2. The Hall–Kier alpha value is -2.69. The molecule has 1 heterocycles. The second kappa shape index (κ2) is 4.66. The molecule has 22 heavy (non-hydrogen) atoms. The van der Waals surface area contributed by atoms with Crippen molar-refractivity contribution in [2.24, 2.45) is 0 Å². The SMILES string of the molecule is Nc1ccc2c(=O)n(-c3ccc(F)cc3)c(C3CC3)nc2c1. The second-order valence-corrected chi connectivity index (χ2v) is 5.64. The van der Waals surface area contributed by atoms with Crippen molar-refractivity contribution in [3.8, 4) is 5.69 Å². The van der Waals surface area contributed by atoms with E-state index in [4.69, 9.17) is 5.73 Å². The van der Waals surface area contributed by atoms with Crippen LogP contribution >= 0.6 is 0 Å². The Morgan fingerprint density at radius 2 is 1.86 bits per heavy atom. The minimum absolute atomic E-state index is 0.140. The van der Waals surface area contributed by atoms with Crippen molar-refractivity contribution in [3.05, 3.63) is 64.5 Å². The number of aromatic nitrogens is 2. The van der Waals surface area contributed by atoms with Crippen LogP contribution in [0, 0.1) is 5.82 Å². The highest BCUT2D eigenvalue weighted by molar-refractivity contribution is 5.81. The molecule has 2 aromatic carbocycles. The Morgan fingerprint density at radius 1 is 1.14 bits per heavy atom. The van der Waals surface area contributed by atoms with Gasteiger partial charge in [-0.3, -0.25) is 9.36 Å². The van der Waals surface area contributed by atoms with Crippen LogP contribution in [0.5, 0.6) is 0 Å². The van der Waals surface area contributed by atoms with E-state index in [2.05, 4.69) is 4.98 Å². The van der Waals surface area contributed by atoms with Crippen molar-refractivity contribution in [1.29, 1.82) is 0 Å². The molecule has 0 unspecified atom stereocenters. The predicted octanol–water partition coefficient (Wildman–Crippen LogP) is 2.98. The lowest BCUT2D eigenvalue weighted by Gasteiger charge is -2.13. The third-order valence-corrected chi connectivity index (χ3v) is 3.95. The maximum atomic E-state index is 13.2. The van der Waals surface area contributed by atoms with Gasteiger partial charge in [0.2, 0.25) is 0 Å². The minimum atomic E-state index is -0.328. The second-order valence-electron chi connectivity index (χ2n) is 5.64. The van der Waals surface area contributed by atoms with E-state index in [9.17, 15) is 9.18 Å². The van der Waals surface area contributed by atoms with Gasteiger partial charge in [-0.25, -0.2) is 9.37 Å². The van der Waals surface area contributed by atoms with Crippen molar-refractivity contribution >= 4 is 16.6 Å². The van der Waals surface area contributed by atoms with Crippen LogP contribution in [0.3, 0.4) is 0 Å². The average molecular weight is 295 g/mol. The van der Waals surface area contributed by atoms with E-state index in [0.29, 0.717) is 22.3 Å². The molecule has 4 rings (SSSR count). The summed E-state index contributed by atoms with van der Waals surface area (Å²) in [5, 5.41) is 0.517. The molecule has 4 nitrogen and oxygen atoms in total. The normalized spacial score (nSPS) is 14.4. The molecule has 0 saturated heterocycles. The van der Waals surface area contributed by atoms with Gasteiger partial charge in [-0.15, -0.1) is 0 Å². The summed E-state index contributed by atoms with van der Waals surface area (Å²) in [5.41, 5.74) is 7.49. The number of nitrogens with zero attached hydrogens (tertiary/aromatic N) is 2. The molecule has 1 saturated carbocycles. The van der Waals surface area contributed by atoms with Crippen LogP contribution in [0.2, 0.25) is 0 Å². The molecular weight excluding hydrogens is 281 g/mol. The summed E-state index contributed by atoms with van der Waals surface area (Å²) in [6, 6.07) is 11.0. The van der Waals surface area contributed by atoms with Crippen molar-refractivity contribution in [1.82, 2.24) is 9.55 Å². The molecule has 0 radical (unpaired) electrons. The molecule has 0 amide bonds. The van der Waals surface area contributed by atoms with E-state index in [0.717, 1.165) is 18.7 Å². The molecule has 5 heteroatoms. The third-order valence-electron chi connectivity index (χ3n) is 3.95. The van der Waals surface area contributed by atoms with Crippen molar-refractivity contribution in [3.63, 3.8) is 0 Å². The molecule has 2 N–H and O–H groups in total. The highest BCUT2D eigenvalue weighted by Gasteiger charge is 2.29. The zero-order valence-electron chi connectivity index (χ0n) is 11.8. The maximum Gasteiger partial charge on any atom is 0.265 e. The van der Waals surface area contributed by atoms with Gasteiger partial charge in [0.1, 0.15) is 11.6 Å². The number of halogens is 1. The van der Waals surface area contributed by atoms with Crippen LogP contribution in [0.25, 0.3) is 16.6 Å². The fourth-order valence-electron chi connectivity index (χ4n) is 2.68. The van der Waals surface area contributed by atoms with Crippen molar-refractivity contribution < 1.29 is 4.39 Å². The summed E-state index contributed by atoms with van der Waals surface area (Å²) in [6.45, 7) is 0. The predicted molar refractivity (Wildman–Crippen MR) is 83.7 cm³/mol. The molecule has 3 aromatic rings. The number of fused-ring (bicyclic) bond motifs is 1. The van der Waals surface area contributed by atoms with Crippen molar-refractivity contribution in [2.75, 3.05) is 5.73 Å². The van der Waals surface area contributed by atoms with E-state index >= 15 is 0 Å². The third kappa shape index (κ3) is 2.06. The van der Waals surface area contributed by atoms with Crippen LogP contribution in [0.15, 0.2) is 47.3 Å². The van der Waals surface area contributed by atoms with Gasteiger partial charge in [0.15, 0.2) is 0 Å². The molecular formula is C17H14FN3O. The highest BCUT2D eigenvalue weighted by Crippen LogP contribution is 2.39. The zero-order chi connectivity index (χ0) is 15.3. The largest absolute Gasteiger partial charge is 0.399 e. The molecule has 1 aliphatic rings. The van der Waals surface area contributed by atoms with Gasteiger partial charge in [0.25, 0.3) is 5.56 Å². The first kappa shape index (κ1) is 13.0. The summed E-state index contributed by atoms with van der Waals surface area (Å²) in [6.07, 6.45) is 2.03. The number of benzene rings is 2. The molecule has 1 fully saturated rings. The number of anilines is 1. The first-order valence-corrected chi connectivity index (χ1v) is 7.21. The molecule has 0 atom stereocenters. The molecule has 0 spiro atoms. The monoisotopic (exact) mass is 295 g/mol. The lowest BCUT2D eigenvalue weighted by atomic mass is 10.2.